The van der Waals surface area contributed by atoms with Gasteiger partial charge in [0, 0.05) is 25.7 Å². The molecule has 0 N–H and O–H groups in total. The van der Waals surface area contributed by atoms with Crippen molar-refractivity contribution in [2.24, 2.45) is 0 Å². The van der Waals surface area contributed by atoms with E-state index < -0.39 is 17.5 Å². The van der Waals surface area contributed by atoms with E-state index in [9.17, 15) is 9.59 Å². The number of hydrogen-bond acceptors (Lipinski definition) is 5. The second-order valence-corrected chi connectivity index (χ2v) is 9.29. The third-order valence-corrected chi connectivity index (χ3v) is 7.34. The van der Waals surface area contributed by atoms with E-state index in [1.807, 2.05) is 60.7 Å². The molecule has 0 saturated carbocycles. The quantitative estimate of drug-likeness (QED) is 0.394. The standard InChI is InChI=1S/C26H32NO5.BrH/c1-27(2)21-14-15-22(27)17-23(16-21)32-25(29)26(31-18-24(28)30-3,19-10-6-4-7-11-19)20-12-8-5-9-13-20;/h4-13,21-23H,14-18H2,1-3H3;1H/q+1;/p-1/t21-,22+,23?;. The summed E-state index contributed by atoms with van der Waals surface area (Å²) in [6, 6.07) is 19.5. The van der Waals surface area contributed by atoms with Crippen LogP contribution in [0.3, 0.4) is 0 Å². The SMILES string of the molecule is COC(=O)COC(C(=O)OC1C[C@H]2CC[C@@H](C1)[N+]2(C)C)(c1ccccc1)c1ccccc1.[Br-]. The molecule has 0 spiro atoms. The van der Waals surface area contributed by atoms with Gasteiger partial charge in [-0.25, -0.2) is 9.59 Å². The first-order valence-corrected chi connectivity index (χ1v) is 11.2. The fourth-order valence-electron chi connectivity index (χ4n) is 5.36. The molecule has 1 unspecified atom stereocenters. The molecule has 2 aliphatic rings. The summed E-state index contributed by atoms with van der Waals surface area (Å²) in [5.74, 6) is -1.04. The van der Waals surface area contributed by atoms with Crippen LogP contribution in [0.1, 0.15) is 36.8 Å². The first kappa shape index (κ1) is 25.4. The lowest BCUT2D eigenvalue weighted by Crippen LogP contribution is -3.00. The van der Waals surface area contributed by atoms with Gasteiger partial charge in [0.05, 0.1) is 33.3 Å². The van der Waals surface area contributed by atoms with Gasteiger partial charge in [0.25, 0.3) is 0 Å². The molecule has 7 heteroatoms. The Morgan fingerprint density at radius 1 is 0.909 bits per heavy atom. The number of nitrogens with zero attached hydrogens (tertiary/aromatic N) is 1. The minimum absolute atomic E-state index is 0. The Hall–Kier alpha value is -2.22. The zero-order valence-corrected chi connectivity index (χ0v) is 21.0. The average molecular weight is 518 g/mol. The molecule has 2 aliphatic heterocycles. The van der Waals surface area contributed by atoms with Crippen LogP contribution in [0.25, 0.3) is 0 Å². The zero-order valence-electron chi connectivity index (χ0n) is 19.4. The first-order valence-electron chi connectivity index (χ1n) is 11.2. The highest BCUT2D eigenvalue weighted by atomic mass is 79.9. The highest BCUT2D eigenvalue weighted by Gasteiger charge is 2.52. The number of hydrogen-bond donors (Lipinski definition) is 0. The molecule has 0 aromatic heterocycles. The van der Waals surface area contributed by atoms with Crippen LogP contribution < -0.4 is 17.0 Å². The third kappa shape index (κ3) is 4.86. The van der Waals surface area contributed by atoms with Crippen molar-refractivity contribution in [2.45, 2.75) is 49.5 Å². The number of benzene rings is 2. The van der Waals surface area contributed by atoms with Crippen LogP contribution in [0.4, 0.5) is 0 Å². The molecule has 178 valence electrons. The lowest BCUT2D eigenvalue weighted by atomic mass is 9.85. The van der Waals surface area contributed by atoms with Gasteiger partial charge in [0.15, 0.2) is 0 Å². The number of quaternary nitrogens is 1. The minimum Gasteiger partial charge on any atom is -1.00 e. The zero-order chi connectivity index (χ0) is 22.8. The third-order valence-electron chi connectivity index (χ3n) is 7.34. The monoisotopic (exact) mass is 517 g/mol. The number of fused-ring (bicyclic) bond motifs is 2. The lowest BCUT2D eigenvalue weighted by Gasteiger charge is -2.44. The van der Waals surface area contributed by atoms with Gasteiger partial charge < -0.3 is 35.7 Å². The van der Waals surface area contributed by atoms with Crippen molar-refractivity contribution in [3.05, 3.63) is 71.8 Å². The summed E-state index contributed by atoms with van der Waals surface area (Å²) in [5.41, 5.74) is -0.317. The Bertz CT molecular complexity index is 894. The fourth-order valence-corrected chi connectivity index (χ4v) is 5.36. The number of ether oxygens (including phenoxy) is 3. The van der Waals surface area contributed by atoms with E-state index >= 15 is 0 Å². The maximum absolute atomic E-state index is 13.9. The molecule has 2 saturated heterocycles. The number of carbonyl (C=O) groups is 2. The average Bonchev–Trinajstić information content (AvgIpc) is 2.96. The minimum atomic E-state index is -1.56. The van der Waals surface area contributed by atoms with Crippen molar-refractivity contribution in [3.63, 3.8) is 0 Å². The van der Waals surface area contributed by atoms with Crippen LogP contribution in [-0.4, -0.2) is 62.4 Å². The highest BCUT2D eigenvalue weighted by molar-refractivity contribution is 5.86. The summed E-state index contributed by atoms with van der Waals surface area (Å²) >= 11 is 0. The van der Waals surface area contributed by atoms with Gasteiger partial charge >= 0.3 is 11.9 Å². The Balaban J connectivity index is 0.00000306. The second-order valence-electron chi connectivity index (χ2n) is 9.29. The summed E-state index contributed by atoms with van der Waals surface area (Å²) in [4.78, 5) is 25.9. The normalized spacial score (nSPS) is 23.3. The predicted octanol–water partition coefficient (Wildman–Crippen LogP) is 0.437. The molecule has 6 nitrogen and oxygen atoms in total. The van der Waals surface area contributed by atoms with E-state index in [2.05, 4.69) is 14.1 Å². The molecule has 4 rings (SSSR count). The van der Waals surface area contributed by atoms with Gasteiger partial charge in [-0.2, -0.15) is 0 Å². The fraction of sp³-hybridized carbons (Fsp3) is 0.462. The lowest BCUT2D eigenvalue weighted by molar-refractivity contribution is -0.931. The highest BCUT2D eigenvalue weighted by Crippen LogP contribution is 2.42. The van der Waals surface area contributed by atoms with Crippen LogP contribution in [0.5, 0.6) is 0 Å². The molecule has 0 radical (unpaired) electrons. The molecule has 2 aromatic rings. The molecule has 2 bridgehead atoms. The van der Waals surface area contributed by atoms with Crippen LogP contribution in [-0.2, 0) is 29.4 Å². The van der Waals surface area contributed by atoms with Crippen molar-refractivity contribution >= 4 is 11.9 Å². The molecule has 2 fully saturated rings. The Morgan fingerprint density at radius 2 is 1.39 bits per heavy atom. The number of methoxy groups -OCH3 is 1. The maximum atomic E-state index is 13.9. The van der Waals surface area contributed by atoms with E-state index in [0.717, 1.165) is 30.2 Å². The maximum Gasteiger partial charge on any atom is 0.348 e. The van der Waals surface area contributed by atoms with Gasteiger partial charge in [-0.15, -0.1) is 0 Å². The summed E-state index contributed by atoms with van der Waals surface area (Å²) in [6.45, 7) is -0.366. The first-order chi connectivity index (χ1) is 15.4. The molecule has 0 amide bonds. The molecular weight excluding hydrogens is 486 g/mol. The Kier molecular flexibility index (Phi) is 7.98. The van der Waals surface area contributed by atoms with Crippen molar-refractivity contribution in [1.82, 2.24) is 0 Å². The van der Waals surface area contributed by atoms with Gasteiger partial charge in [-0.3, -0.25) is 0 Å². The Labute approximate surface area is 206 Å². The van der Waals surface area contributed by atoms with Gasteiger partial charge in [0.1, 0.15) is 12.7 Å². The van der Waals surface area contributed by atoms with Crippen molar-refractivity contribution in [2.75, 3.05) is 27.8 Å². The van der Waals surface area contributed by atoms with E-state index in [1.165, 1.54) is 7.11 Å². The number of esters is 2. The van der Waals surface area contributed by atoms with Crippen LogP contribution >= 0.6 is 0 Å². The number of piperidine rings is 1. The van der Waals surface area contributed by atoms with Crippen molar-refractivity contribution < 1.29 is 45.3 Å². The van der Waals surface area contributed by atoms with Crippen LogP contribution in [0.2, 0.25) is 0 Å². The van der Waals surface area contributed by atoms with E-state index in [0.29, 0.717) is 23.2 Å². The van der Waals surface area contributed by atoms with Gasteiger partial charge in [-0.05, 0) is 11.1 Å². The van der Waals surface area contributed by atoms with Gasteiger partial charge in [0.2, 0.25) is 5.60 Å². The van der Waals surface area contributed by atoms with E-state index in [1.54, 1.807) is 0 Å². The topological polar surface area (TPSA) is 61.8 Å². The van der Waals surface area contributed by atoms with E-state index in [-0.39, 0.29) is 29.7 Å². The number of halogens is 1. The molecule has 3 atom stereocenters. The summed E-state index contributed by atoms with van der Waals surface area (Å²) in [6.07, 6.45) is 3.83. The largest absolute Gasteiger partial charge is 1.00 e. The number of rotatable bonds is 7. The summed E-state index contributed by atoms with van der Waals surface area (Å²) in [7, 11) is 5.85. The van der Waals surface area contributed by atoms with Crippen LogP contribution in [0.15, 0.2) is 60.7 Å². The second kappa shape index (κ2) is 10.4. The summed E-state index contributed by atoms with van der Waals surface area (Å²) in [5, 5.41) is 0. The van der Waals surface area contributed by atoms with Crippen LogP contribution in [0, 0.1) is 0 Å². The molecule has 0 aliphatic carbocycles. The number of carbonyl (C=O) groups excluding carboxylic acids is 2. The molecular formula is C26H32BrNO5. The van der Waals surface area contributed by atoms with Gasteiger partial charge in [-0.1, -0.05) is 60.7 Å². The smallest absolute Gasteiger partial charge is 0.348 e. The molecule has 2 aromatic carbocycles. The predicted molar refractivity (Wildman–Crippen MR) is 120 cm³/mol. The van der Waals surface area contributed by atoms with E-state index in [4.69, 9.17) is 14.2 Å². The molecule has 2 heterocycles. The molecule has 33 heavy (non-hydrogen) atoms. The van der Waals surface area contributed by atoms with Crippen molar-refractivity contribution in [1.29, 1.82) is 0 Å². The summed E-state index contributed by atoms with van der Waals surface area (Å²) < 4.78 is 18.1. The Morgan fingerprint density at radius 3 is 1.85 bits per heavy atom. The van der Waals surface area contributed by atoms with Crippen molar-refractivity contribution in [3.8, 4) is 0 Å².